The Labute approximate surface area is 152 Å². The molecule has 0 aliphatic rings. The van der Waals surface area contributed by atoms with Crippen molar-refractivity contribution in [2.75, 3.05) is 26.0 Å². The zero-order valence-electron chi connectivity index (χ0n) is 15.3. The predicted molar refractivity (Wildman–Crippen MR) is 101 cm³/mol. The number of rotatable bonds is 5. The van der Waals surface area contributed by atoms with E-state index in [0.29, 0.717) is 17.3 Å². The van der Waals surface area contributed by atoms with Crippen LogP contribution in [0, 0.1) is 0 Å². The van der Waals surface area contributed by atoms with E-state index in [1.807, 2.05) is 62.3 Å². The van der Waals surface area contributed by atoms with Gasteiger partial charge >= 0.3 is 0 Å². The molecule has 0 aliphatic heterocycles. The van der Waals surface area contributed by atoms with Crippen molar-refractivity contribution >= 4 is 11.9 Å². The normalized spacial score (nSPS) is 11.8. The van der Waals surface area contributed by atoms with Crippen LogP contribution in [0.1, 0.15) is 28.9 Å². The number of hydrogen-bond donors (Lipinski definition) is 1. The lowest BCUT2D eigenvalue weighted by Crippen LogP contribution is -2.29. The fourth-order valence-corrected chi connectivity index (χ4v) is 2.61. The summed E-state index contributed by atoms with van der Waals surface area (Å²) in [5.74, 6) is 1.17. The lowest BCUT2D eigenvalue weighted by Gasteiger charge is -2.25. The first-order chi connectivity index (χ1) is 12.5. The van der Waals surface area contributed by atoms with Crippen molar-refractivity contribution in [2.24, 2.45) is 0 Å². The van der Waals surface area contributed by atoms with Crippen LogP contribution in [0.15, 0.2) is 48.8 Å². The molecular formula is C19H22N6O. The van der Waals surface area contributed by atoms with Crippen LogP contribution in [-0.2, 0) is 0 Å². The Balaban J connectivity index is 1.83. The highest BCUT2D eigenvalue weighted by Gasteiger charge is 2.20. The molecule has 0 radical (unpaired) electrons. The first-order valence-corrected chi connectivity index (χ1v) is 8.34. The summed E-state index contributed by atoms with van der Waals surface area (Å²) in [4.78, 5) is 25.0. The van der Waals surface area contributed by atoms with E-state index in [1.165, 1.54) is 0 Å². The molecular weight excluding hydrogens is 328 g/mol. The molecule has 0 saturated heterocycles. The monoisotopic (exact) mass is 350 g/mol. The predicted octanol–water partition coefficient (Wildman–Crippen LogP) is 2.77. The van der Waals surface area contributed by atoms with E-state index < -0.39 is 0 Å². The molecule has 0 aliphatic carbocycles. The fraction of sp³-hybridized carbons (Fsp3) is 0.263. The van der Waals surface area contributed by atoms with Gasteiger partial charge in [-0.1, -0.05) is 18.2 Å². The zero-order valence-corrected chi connectivity index (χ0v) is 15.3. The number of nitrogens with one attached hydrogen (secondary N) is 1. The number of carbonyl (C=O) groups is 1. The van der Waals surface area contributed by atoms with Gasteiger partial charge in [0.2, 0.25) is 5.95 Å². The molecule has 0 unspecified atom stereocenters. The molecule has 0 bridgehead atoms. The number of benzene rings is 1. The highest BCUT2D eigenvalue weighted by molar-refractivity contribution is 5.95. The van der Waals surface area contributed by atoms with Crippen LogP contribution in [0.2, 0.25) is 0 Å². The van der Waals surface area contributed by atoms with Crippen LogP contribution in [-0.4, -0.2) is 52.1 Å². The zero-order chi connectivity index (χ0) is 18.7. The van der Waals surface area contributed by atoms with Crippen molar-refractivity contribution in [3.63, 3.8) is 0 Å². The standard InChI is InChI=1S/C19H22N6O/c1-13(16-9-6-10-20-12-16)25(4)18(26)15-8-5-7-14(11-15)17-21-19(23-22-17)24(2)3/h5-13H,1-4H3,(H,21,22,23)/t13-/m1/s1. The van der Waals surface area contributed by atoms with Crippen LogP contribution in [0.3, 0.4) is 0 Å². The quantitative estimate of drug-likeness (QED) is 0.765. The smallest absolute Gasteiger partial charge is 0.254 e. The first-order valence-electron chi connectivity index (χ1n) is 8.34. The van der Waals surface area contributed by atoms with Gasteiger partial charge in [0.05, 0.1) is 6.04 Å². The third kappa shape index (κ3) is 3.56. The number of pyridine rings is 1. The minimum atomic E-state index is -0.0783. The number of H-pyrrole nitrogens is 1. The van der Waals surface area contributed by atoms with Crippen LogP contribution in [0.25, 0.3) is 11.4 Å². The van der Waals surface area contributed by atoms with Gasteiger partial charge in [0, 0.05) is 44.7 Å². The Hall–Kier alpha value is -3.22. The second-order valence-electron chi connectivity index (χ2n) is 6.34. The molecule has 2 aromatic heterocycles. The van der Waals surface area contributed by atoms with Gasteiger partial charge in [-0.3, -0.25) is 14.9 Å². The maximum absolute atomic E-state index is 12.9. The average Bonchev–Trinajstić information content (AvgIpc) is 3.17. The van der Waals surface area contributed by atoms with Gasteiger partial charge in [0.15, 0.2) is 5.82 Å². The lowest BCUT2D eigenvalue weighted by molar-refractivity contribution is 0.0742. The molecule has 3 rings (SSSR count). The molecule has 1 atom stereocenters. The summed E-state index contributed by atoms with van der Waals surface area (Å²) in [5, 5.41) is 7.07. The second-order valence-corrected chi connectivity index (χ2v) is 6.34. The summed E-state index contributed by atoms with van der Waals surface area (Å²) in [6.07, 6.45) is 3.50. The Bertz CT molecular complexity index is 890. The van der Waals surface area contributed by atoms with Crippen LogP contribution in [0.5, 0.6) is 0 Å². The van der Waals surface area contributed by atoms with Crippen LogP contribution in [0.4, 0.5) is 5.95 Å². The van der Waals surface area contributed by atoms with Gasteiger partial charge in [-0.2, -0.15) is 4.98 Å². The number of carbonyl (C=O) groups excluding carboxylic acids is 1. The molecule has 0 spiro atoms. The lowest BCUT2D eigenvalue weighted by atomic mass is 10.1. The summed E-state index contributed by atoms with van der Waals surface area (Å²) < 4.78 is 0. The third-order valence-electron chi connectivity index (χ3n) is 4.32. The van der Waals surface area contributed by atoms with E-state index >= 15 is 0 Å². The first kappa shape index (κ1) is 17.6. The molecule has 3 aromatic rings. The summed E-state index contributed by atoms with van der Waals surface area (Å²) in [6, 6.07) is 11.2. The summed E-state index contributed by atoms with van der Waals surface area (Å²) in [6.45, 7) is 1.98. The number of anilines is 1. The molecule has 0 saturated carbocycles. The second kappa shape index (κ2) is 7.35. The molecule has 1 amide bonds. The van der Waals surface area contributed by atoms with Crippen molar-refractivity contribution in [1.29, 1.82) is 0 Å². The Morgan fingerprint density at radius 2 is 1.96 bits per heavy atom. The maximum atomic E-state index is 12.9. The topological polar surface area (TPSA) is 78.0 Å². The van der Waals surface area contributed by atoms with Crippen molar-refractivity contribution in [2.45, 2.75) is 13.0 Å². The van der Waals surface area contributed by atoms with E-state index in [9.17, 15) is 4.79 Å². The van der Waals surface area contributed by atoms with Crippen LogP contribution < -0.4 is 4.90 Å². The molecule has 1 aromatic carbocycles. The summed E-state index contributed by atoms with van der Waals surface area (Å²) >= 11 is 0. The molecule has 2 heterocycles. The molecule has 7 heteroatoms. The summed E-state index contributed by atoms with van der Waals surface area (Å²) in [5.41, 5.74) is 2.41. The Kier molecular flexibility index (Phi) is 4.97. The number of hydrogen-bond acceptors (Lipinski definition) is 5. The van der Waals surface area contributed by atoms with Gasteiger partial charge in [-0.05, 0) is 30.7 Å². The van der Waals surface area contributed by atoms with E-state index in [4.69, 9.17) is 0 Å². The highest BCUT2D eigenvalue weighted by atomic mass is 16.2. The minimum absolute atomic E-state index is 0.0597. The molecule has 0 fully saturated rings. The maximum Gasteiger partial charge on any atom is 0.254 e. The van der Waals surface area contributed by atoms with E-state index in [-0.39, 0.29) is 11.9 Å². The number of aromatic amines is 1. The largest absolute Gasteiger partial charge is 0.346 e. The molecule has 7 nitrogen and oxygen atoms in total. The van der Waals surface area contributed by atoms with Crippen molar-refractivity contribution in [3.8, 4) is 11.4 Å². The highest BCUT2D eigenvalue weighted by Crippen LogP contribution is 2.22. The minimum Gasteiger partial charge on any atom is -0.346 e. The van der Waals surface area contributed by atoms with Gasteiger partial charge in [0.1, 0.15) is 0 Å². The fourth-order valence-electron chi connectivity index (χ4n) is 2.61. The van der Waals surface area contributed by atoms with Gasteiger partial charge < -0.3 is 9.80 Å². The van der Waals surface area contributed by atoms with E-state index in [1.54, 1.807) is 24.3 Å². The Morgan fingerprint density at radius 1 is 1.15 bits per heavy atom. The molecule has 1 N–H and O–H groups in total. The Morgan fingerprint density at radius 3 is 2.62 bits per heavy atom. The summed E-state index contributed by atoms with van der Waals surface area (Å²) in [7, 11) is 5.55. The van der Waals surface area contributed by atoms with E-state index in [2.05, 4.69) is 20.2 Å². The van der Waals surface area contributed by atoms with Gasteiger partial charge in [-0.15, -0.1) is 5.10 Å². The van der Waals surface area contributed by atoms with Crippen LogP contribution >= 0.6 is 0 Å². The van der Waals surface area contributed by atoms with Gasteiger partial charge in [-0.25, -0.2) is 0 Å². The number of nitrogens with zero attached hydrogens (tertiary/aromatic N) is 5. The number of aromatic nitrogens is 4. The SMILES string of the molecule is C[C@H](c1cccnc1)N(C)C(=O)c1cccc(-c2nc(N(C)C)n[nH]2)c1. The van der Waals surface area contributed by atoms with E-state index in [0.717, 1.165) is 11.1 Å². The van der Waals surface area contributed by atoms with Crippen molar-refractivity contribution in [1.82, 2.24) is 25.1 Å². The van der Waals surface area contributed by atoms with Gasteiger partial charge in [0.25, 0.3) is 5.91 Å². The molecule has 134 valence electrons. The molecule has 26 heavy (non-hydrogen) atoms. The van der Waals surface area contributed by atoms with Crippen molar-refractivity contribution in [3.05, 3.63) is 59.9 Å². The average molecular weight is 350 g/mol. The number of amides is 1. The third-order valence-corrected chi connectivity index (χ3v) is 4.32. The van der Waals surface area contributed by atoms with Crippen molar-refractivity contribution < 1.29 is 4.79 Å².